The smallest absolute Gasteiger partial charge is 0.297 e. The van der Waals surface area contributed by atoms with Gasteiger partial charge in [-0.05, 0) is 31.2 Å². The quantitative estimate of drug-likeness (QED) is 0.491. The van der Waals surface area contributed by atoms with Crippen molar-refractivity contribution in [3.63, 3.8) is 0 Å². The van der Waals surface area contributed by atoms with Gasteiger partial charge in [0.25, 0.3) is 5.56 Å². The number of hydrogen-bond donors (Lipinski definition) is 0. The van der Waals surface area contributed by atoms with Crippen LogP contribution in [0.15, 0.2) is 64.1 Å². The van der Waals surface area contributed by atoms with Crippen molar-refractivity contribution in [3.8, 4) is 0 Å². The first-order valence-corrected chi connectivity index (χ1v) is 8.29. The Morgan fingerprint density at radius 3 is 2.58 bits per heavy atom. The zero-order valence-corrected chi connectivity index (χ0v) is 14.0. The first-order chi connectivity index (χ1) is 12.7. The van der Waals surface area contributed by atoms with E-state index in [9.17, 15) is 4.79 Å². The molecular formula is C20H14N4O2. The van der Waals surface area contributed by atoms with E-state index in [4.69, 9.17) is 4.42 Å². The van der Waals surface area contributed by atoms with Crippen LogP contribution in [0.2, 0.25) is 0 Å². The summed E-state index contributed by atoms with van der Waals surface area (Å²) in [6.07, 6.45) is 1.54. The monoisotopic (exact) mass is 342 g/mol. The molecule has 6 nitrogen and oxygen atoms in total. The van der Waals surface area contributed by atoms with E-state index in [0.717, 1.165) is 27.8 Å². The van der Waals surface area contributed by atoms with Crippen LogP contribution in [-0.4, -0.2) is 19.5 Å². The highest BCUT2D eigenvalue weighted by atomic mass is 16.3. The predicted octanol–water partition coefficient (Wildman–Crippen LogP) is 3.44. The standard InChI is InChI=1S/C20H14N4O2/c1-12-16(23-15-8-4-3-7-14(15)22-12)10-24-11-21-18-13-6-2-5-9-17(13)26-19(18)20(24)25/h2-9,11H,10H2,1H3. The van der Waals surface area contributed by atoms with Gasteiger partial charge in [0.15, 0.2) is 0 Å². The summed E-state index contributed by atoms with van der Waals surface area (Å²) in [5.41, 5.74) is 4.46. The van der Waals surface area contributed by atoms with Gasteiger partial charge in [-0.3, -0.25) is 9.36 Å². The first-order valence-electron chi connectivity index (χ1n) is 8.29. The van der Waals surface area contributed by atoms with Crippen LogP contribution in [0.5, 0.6) is 0 Å². The van der Waals surface area contributed by atoms with Crippen LogP contribution in [0.1, 0.15) is 11.4 Å². The molecule has 0 saturated carbocycles. The SMILES string of the molecule is Cc1nc2ccccc2nc1Cn1cnc2c(oc3ccccc32)c1=O. The first kappa shape index (κ1) is 14.8. The highest BCUT2D eigenvalue weighted by molar-refractivity contribution is 6.01. The third-order valence-corrected chi connectivity index (χ3v) is 4.51. The number of benzene rings is 2. The van der Waals surface area contributed by atoms with Crippen molar-refractivity contribution in [2.75, 3.05) is 0 Å². The summed E-state index contributed by atoms with van der Waals surface area (Å²) in [7, 11) is 0. The lowest BCUT2D eigenvalue weighted by Crippen LogP contribution is -2.21. The zero-order valence-electron chi connectivity index (χ0n) is 14.0. The molecule has 26 heavy (non-hydrogen) atoms. The molecule has 0 spiro atoms. The second-order valence-electron chi connectivity index (χ2n) is 6.20. The lowest BCUT2D eigenvalue weighted by atomic mass is 10.2. The fourth-order valence-electron chi connectivity index (χ4n) is 3.16. The lowest BCUT2D eigenvalue weighted by molar-refractivity contribution is 0.639. The van der Waals surface area contributed by atoms with Crippen molar-refractivity contribution in [3.05, 3.63) is 76.6 Å². The summed E-state index contributed by atoms with van der Waals surface area (Å²) >= 11 is 0. The topological polar surface area (TPSA) is 73.8 Å². The van der Waals surface area contributed by atoms with Gasteiger partial charge in [0, 0.05) is 5.39 Å². The van der Waals surface area contributed by atoms with Gasteiger partial charge in [-0.1, -0.05) is 24.3 Å². The van der Waals surface area contributed by atoms with Crippen LogP contribution >= 0.6 is 0 Å². The molecule has 0 bridgehead atoms. The molecule has 6 heteroatoms. The predicted molar refractivity (Wildman–Crippen MR) is 99.2 cm³/mol. The van der Waals surface area contributed by atoms with E-state index in [2.05, 4.69) is 15.0 Å². The van der Waals surface area contributed by atoms with Gasteiger partial charge in [0.05, 0.1) is 35.3 Å². The van der Waals surface area contributed by atoms with Crippen molar-refractivity contribution < 1.29 is 4.42 Å². The molecule has 0 N–H and O–H groups in total. The Morgan fingerprint density at radius 1 is 1.00 bits per heavy atom. The lowest BCUT2D eigenvalue weighted by Gasteiger charge is -2.08. The van der Waals surface area contributed by atoms with Gasteiger partial charge in [-0.2, -0.15) is 0 Å². The normalized spacial score (nSPS) is 11.6. The van der Waals surface area contributed by atoms with Crippen molar-refractivity contribution in [1.29, 1.82) is 0 Å². The van der Waals surface area contributed by atoms with Crippen molar-refractivity contribution in [2.24, 2.45) is 0 Å². The van der Waals surface area contributed by atoms with Crippen LogP contribution in [0.4, 0.5) is 0 Å². The zero-order chi connectivity index (χ0) is 17.7. The van der Waals surface area contributed by atoms with Gasteiger partial charge < -0.3 is 4.42 Å². The Hall–Kier alpha value is -3.54. The summed E-state index contributed by atoms with van der Waals surface area (Å²) < 4.78 is 7.24. The molecule has 0 aliphatic carbocycles. The number of furan rings is 1. The third kappa shape index (κ3) is 2.19. The summed E-state index contributed by atoms with van der Waals surface area (Å²) in [5, 5.41) is 0.841. The van der Waals surface area contributed by atoms with E-state index in [1.165, 1.54) is 4.57 Å². The van der Waals surface area contributed by atoms with Crippen LogP contribution in [0.3, 0.4) is 0 Å². The number of hydrogen-bond acceptors (Lipinski definition) is 5. The Morgan fingerprint density at radius 2 is 1.73 bits per heavy atom. The molecule has 126 valence electrons. The highest BCUT2D eigenvalue weighted by Crippen LogP contribution is 2.24. The minimum atomic E-state index is -0.222. The number of fused-ring (bicyclic) bond motifs is 4. The molecule has 0 amide bonds. The molecule has 0 radical (unpaired) electrons. The minimum Gasteiger partial charge on any atom is -0.448 e. The van der Waals surface area contributed by atoms with E-state index in [0.29, 0.717) is 17.6 Å². The Kier molecular flexibility index (Phi) is 3.12. The van der Waals surface area contributed by atoms with Crippen LogP contribution in [0, 0.1) is 6.92 Å². The molecule has 0 atom stereocenters. The van der Waals surface area contributed by atoms with Crippen molar-refractivity contribution in [2.45, 2.75) is 13.5 Å². The highest BCUT2D eigenvalue weighted by Gasteiger charge is 2.14. The van der Waals surface area contributed by atoms with E-state index in [1.807, 2.05) is 55.5 Å². The fraction of sp³-hybridized carbons (Fsp3) is 0.100. The molecule has 0 aliphatic heterocycles. The van der Waals surface area contributed by atoms with E-state index < -0.39 is 0 Å². The second-order valence-corrected chi connectivity index (χ2v) is 6.20. The van der Waals surface area contributed by atoms with Gasteiger partial charge in [-0.15, -0.1) is 0 Å². The van der Waals surface area contributed by atoms with E-state index in [-0.39, 0.29) is 11.1 Å². The minimum absolute atomic E-state index is 0.222. The maximum atomic E-state index is 12.9. The molecule has 0 unspecified atom stereocenters. The Labute approximate surface area is 147 Å². The molecule has 5 aromatic rings. The summed E-state index contributed by atoms with van der Waals surface area (Å²) in [6.45, 7) is 2.19. The van der Waals surface area contributed by atoms with Crippen molar-refractivity contribution >= 4 is 33.1 Å². The van der Waals surface area contributed by atoms with Crippen LogP contribution in [0.25, 0.3) is 33.1 Å². The van der Waals surface area contributed by atoms with Crippen LogP contribution < -0.4 is 5.56 Å². The average molecular weight is 342 g/mol. The molecule has 3 aromatic heterocycles. The number of para-hydroxylation sites is 3. The molecule has 3 heterocycles. The number of rotatable bonds is 2. The molecule has 5 rings (SSSR count). The van der Waals surface area contributed by atoms with Gasteiger partial charge in [-0.25, -0.2) is 15.0 Å². The Bertz CT molecular complexity index is 1350. The van der Waals surface area contributed by atoms with Gasteiger partial charge in [0.1, 0.15) is 11.1 Å². The third-order valence-electron chi connectivity index (χ3n) is 4.51. The maximum absolute atomic E-state index is 12.9. The van der Waals surface area contributed by atoms with Crippen molar-refractivity contribution in [1.82, 2.24) is 19.5 Å². The number of aromatic nitrogens is 4. The van der Waals surface area contributed by atoms with E-state index in [1.54, 1.807) is 6.33 Å². The largest absolute Gasteiger partial charge is 0.448 e. The molecule has 2 aromatic carbocycles. The maximum Gasteiger partial charge on any atom is 0.297 e. The van der Waals surface area contributed by atoms with Crippen LogP contribution in [-0.2, 0) is 6.54 Å². The second kappa shape index (κ2) is 5.49. The molecule has 0 saturated heterocycles. The Balaban J connectivity index is 1.66. The fourth-order valence-corrected chi connectivity index (χ4v) is 3.16. The summed E-state index contributed by atoms with van der Waals surface area (Å²) in [5.74, 6) is 0. The molecular weight excluding hydrogens is 328 g/mol. The summed E-state index contributed by atoms with van der Waals surface area (Å²) in [6, 6.07) is 15.2. The number of aryl methyl sites for hydroxylation is 1. The molecule has 0 fully saturated rings. The number of nitrogens with zero attached hydrogens (tertiary/aromatic N) is 4. The van der Waals surface area contributed by atoms with Gasteiger partial charge in [0.2, 0.25) is 5.58 Å². The van der Waals surface area contributed by atoms with Gasteiger partial charge >= 0.3 is 0 Å². The average Bonchev–Trinajstić information content (AvgIpc) is 3.04. The summed E-state index contributed by atoms with van der Waals surface area (Å²) in [4.78, 5) is 26.5. The van der Waals surface area contributed by atoms with E-state index >= 15 is 0 Å². The molecule has 0 aliphatic rings.